The number of nitrogens with one attached hydrogen (secondary N) is 1. The third kappa shape index (κ3) is 3.71. The Hall–Kier alpha value is -2.21. The van der Waals surface area contributed by atoms with Crippen molar-refractivity contribution in [1.82, 2.24) is 4.98 Å². The number of aromatic nitrogens is 1. The Balaban J connectivity index is 2.47. The number of benzene rings is 1. The van der Waals surface area contributed by atoms with Crippen LogP contribution in [0.15, 0.2) is 18.2 Å². The molecule has 0 aliphatic rings. The Morgan fingerprint density at radius 1 is 1.32 bits per heavy atom. The lowest BCUT2D eigenvalue weighted by Gasteiger charge is -2.06. The van der Waals surface area contributed by atoms with Crippen LogP contribution in [-0.2, 0) is 16.0 Å². The van der Waals surface area contributed by atoms with Crippen molar-refractivity contribution in [3.05, 3.63) is 34.2 Å². The Labute approximate surface area is 133 Å². The molecule has 2 N–H and O–H groups in total. The van der Waals surface area contributed by atoms with Gasteiger partial charge in [-0.1, -0.05) is 30.7 Å². The first-order valence-corrected chi connectivity index (χ1v) is 7.81. The minimum Gasteiger partial charge on any atom is -0.481 e. The van der Waals surface area contributed by atoms with E-state index in [1.165, 1.54) is 11.3 Å². The number of carbonyl (C=O) groups is 2. The number of thiazole rings is 1. The molecule has 2 rings (SSSR count). The predicted octanol–water partition coefficient (Wildman–Crippen LogP) is 3.40. The van der Waals surface area contributed by atoms with Crippen LogP contribution in [-0.4, -0.2) is 22.0 Å². The molecule has 0 fully saturated rings. The van der Waals surface area contributed by atoms with E-state index in [0.717, 1.165) is 16.7 Å². The van der Waals surface area contributed by atoms with Crippen molar-refractivity contribution in [2.75, 3.05) is 5.32 Å². The van der Waals surface area contributed by atoms with Gasteiger partial charge in [-0.15, -0.1) is 11.3 Å². The minimum absolute atomic E-state index is 0.109. The lowest BCUT2D eigenvalue weighted by atomic mass is 10.0. The van der Waals surface area contributed by atoms with Crippen molar-refractivity contribution in [1.29, 1.82) is 0 Å². The zero-order chi connectivity index (χ0) is 16.3. The lowest BCUT2D eigenvalue weighted by Crippen LogP contribution is -2.08. The summed E-state index contributed by atoms with van der Waals surface area (Å²) in [5.41, 5.74) is 3.70. The molecule has 0 bridgehead atoms. The van der Waals surface area contributed by atoms with Crippen molar-refractivity contribution >= 4 is 28.3 Å². The molecule has 0 unspecified atom stereocenters. The third-order valence-electron chi connectivity index (χ3n) is 3.21. The average molecular weight is 318 g/mol. The molecule has 5 nitrogen and oxygen atoms in total. The topological polar surface area (TPSA) is 79.3 Å². The Kier molecular flexibility index (Phi) is 4.92. The van der Waals surface area contributed by atoms with E-state index < -0.39 is 5.97 Å². The molecule has 0 aliphatic heterocycles. The molecule has 116 valence electrons. The van der Waals surface area contributed by atoms with E-state index in [-0.39, 0.29) is 12.3 Å². The third-order valence-corrected chi connectivity index (χ3v) is 4.18. The van der Waals surface area contributed by atoms with Crippen LogP contribution in [0.25, 0.3) is 11.3 Å². The first-order valence-electron chi connectivity index (χ1n) is 6.99. The van der Waals surface area contributed by atoms with Crippen molar-refractivity contribution < 1.29 is 14.7 Å². The van der Waals surface area contributed by atoms with Gasteiger partial charge in [-0.25, -0.2) is 4.98 Å². The zero-order valence-corrected chi connectivity index (χ0v) is 13.6. The van der Waals surface area contributed by atoms with Crippen LogP contribution in [0.5, 0.6) is 0 Å². The summed E-state index contributed by atoms with van der Waals surface area (Å²) in [6.45, 7) is 5.73. The zero-order valence-electron chi connectivity index (χ0n) is 12.8. The molecule has 2 aromatic rings. The number of hydrogen-bond acceptors (Lipinski definition) is 4. The van der Waals surface area contributed by atoms with E-state index in [2.05, 4.69) is 10.3 Å². The Morgan fingerprint density at radius 2 is 2.05 bits per heavy atom. The highest BCUT2D eigenvalue weighted by Crippen LogP contribution is 2.33. The first-order chi connectivity index (χ1) is 10.4. The van der Waals surface area contributed by atoms with Gasteiger partial charge in [0.2, 0.25) is 5.91 Å². The smallest absolute Gasteiger partial charge is 0.308 e. The number of carboxylic acid groups (broad SMARTS) is 1. The molecule has 0 saturated carbocycles. The molecule has 0 spiro atoms. The molecule has 1 heterocycles. The molecule has 6 heteroatoms. The first kappa shape index (κ1) is 16.2. The summed E-state index contributed by atoms with van der Waals surface area (Å²) in [6.07, 6.45) is 0.245. The standard InChI is InChI=1S/C16H18N2O3S/c1-4-13(19)17-16-18-15(12(22-16)8-14(20)21)11-6-5-9(2)7-10(11)3/h5-7H,4,8H2,1-3H3,(H,20,21)(H,17,18,19). The van der Waals surface area contributed by atoms with Crippen molar-refractivity contribution in [3.8, 4) is 11.3 Å². The molecule has 1 amide bonds. The van der Waals surface area contributed by atoms with Gasteiger partial charge >= 0.3 is 5.97 Å². The number of nitrogens with zero attached hydrogens (tertiary/aromatic N) is 1. The van der Waals surface area contributed by atoms with E-state index in [1.807, 2.05) is 32.0 Å². The number of rotatable bonds is 5. The summed E-state index contributed by atoms with van der Waals surface area (Å²) in [6, 6.07) is 5.94. The minimum atomic E-state index is -0.914. The van der Waals surface area contributed by atoms with Gasteiger partial charge in [-0.3, -0.25) is 9.59 Å². The summed E-state index contributed by atoms with van der Waals surface area (Å²) in [4.78, 5) is 27.7. The van der Waals surface area contributed by atoms with Crippen LogP contribution in [0.1, 0.15) is 29.3 Å². The second kappa shape index (κ2) is 6.70. The highest BCUT2D eigenvalue weighted by Gasteiger charge is 2.18. The van der Waals surface area contributed by atoms with Gasteiger partial charge in [0, 0.05) is 16.9 Å². The molecule has 0 radical (unpaired) electrons. The van der Waals surface area contributed by atoms with Gasteiger partial charge in [0.15, 0.2) is 5.13 Å². The fourth-order valence-electron chi connectivity index (χ4n) is 2.16. The highest BCUT2D eigenvalue weighted by atomic mass is 32.1. The van der Waals surface area contributed by atoms with E-state index >= 15 is 0 Å². The van der Waals surface area contributed by atoms with Gasteiger partial charge in [0.1, 0.15) is 0 Å². The molecule has 1 aromatic heterocycles. The fraction of sp³-hybridized carbons (Fsp3) is 0.312. The van der Waals surface area contributed by atoms with Crippen LogP contribution < -0.4 is 5.32 Å². The van der Waals surface area contributed by atoms with Crippen LogP contribution in [0.2, 0.25) is 0 Å². The number of anilines is 1. The quantitative estimate of drug-likeness (QED) is 0.885. The second-order valence-electron chi connectivity index (χ2n) is 5.08. The van der Waals surface area contributed by atoms with Gasteiger partial charge < -0.3 is 10.4 Å². The number of carboxylic acids is 1. The summed E-state index contributed by atoms with van der Waals surface area (Å²) in [5, 5.41) is 12.2. The fourth-order valence-corrected chi connectivity index (χ4v) is 3.14. The average Bonchev–Trinajstić information content (AvgIpc) is 2.80. The van der Waals surface area contributed by atoms with Gasteiger partial charge in [-0.2, -0.15) is 0 Å². The van der Waals surface area contributed by atoms with E-state index in [1.54, 1.807) is 6.92 Å². The predicted molar refractivity (Wildman–Crippen MR) is 87.3 cm³/mol. The number of aliphatic carboxylic acids is 1. The molecular weight excluding hydrogens is 300 g/mol. The van der Waals surface area contributed by atoms with Crippen LogP contribution in [0.4, 0.5) is 5.13 Å². The van der Waals surface area contributed by atoms with Crippen LogP contribution in [0.3, 0.4) is 0 Å². The van der Waals surface area contributed by atoms with Crippen molar-refractivity contribution in [3.63, 3.8) is 0 Å². The second-order valence-corrected chi connectivity index (χ2v) is 6.17. The summed E-state index contributed by atoms with van der Waals surface area (Å²) >= 11 is 1.22. The van der Waals surface area contributed by atoms with Gasteiger partial charge in [0.05, 0.1) is 12.1 Å². The van der Waals surface area contributed by atoms with Gasteiger partial charge in [-0.05, 0) is 19.4 Å². The molecule has 1 aromatic carbocycles. The highest BCUT2D eigenvalue weighted by molar-refractivity contribution is 7.16. The maximum atomic E-state index is 11.5. The van der Waals surface area contributed by atoms with E-state index in [4.69, 9.17) is 5.11 Å². The largest absolute Gasteiger partial charge is 0.481 e. The number of hydrogen-bond donors (Lipinski definition) is 2. The Morgan fingerprint density at radius 3 is 2.64 bits per heavy atom. The van der Waals surface area contributed by atoms with E-state index in [9.17, 15) is 9.59 Å². The monoisotopic (exact) mass is 318 g/mol. The van der Waals surface area contributed by atoms with Crippen molar-refractivity contribution in [2.24, 2.45) is 0 Å². The SMILES string of the molecule is CCC(=O)Nc1nc(-c2ccc(C)cc2C)c(CC(=O)O)s1. The van der Waals surface area contributed by atoms with Gasteiger partial charge in [0.25, 0.3) is 0 Å². The Bertz CT molecular complexity index is 722. The number of carbonyl (C=O) groups excluding carboxylic acids is 1. The normalized spacial score (nSPS) is 10.5. The van der Waals surface area contributed by atoms with Crippen molar-refractivity contribution in [2.45, 2.75) is 33.6 Å². The van der Waals surface area contributed by atoms with Crippen LogP contribution >= 0.6 is 11.3 Å². The van der Waals surface area contributed by atoms with E-state index in [0.29, 0.717) is 22.1 Å². The number of amides is 1. The summed E-state index contributed by atoms with van der Waals surface area (Å²) < 4.78 is 0. The maximum Gasteiger partial charge on any atom is 0.308 e. The molecule has 0 atom stereocenters. The summed E-state index contributed by atoms with van der Waals surface area (Å²) in [5.74, 6) is -1.05. The number of aryl methyl sites for hydroxylation is 2. The molecule has 0 saturated heterocycles. The lowest BCUT2D eigenvalue weighted by molar-refractivity contribution is -0.136. The van der Waals surface area contributed by atoms with Crippen LogP contribution in [0, 0.1) is 13.8 Å². The molecule has 22 heavy (non-hydrogen) atoms. The maximum absolute atomic E-state index is 11.5. The molecular formula is C16H18N2O3S. The molecule has 0 aliphatic carbocycles. The summed E-state index contributed by atoms with van der Waals surface area (Å²) in [7, 11) is 0.